The average Bonchev–Trinajstić information content (AvgIpc) is 2.95. The lowest BCUT2D eigenvalue weighted by Crippen LogP contribution is -2.07. The van der Waals surface area contributed by atoms with Crippen molar-refractivity contribution in [3.05, 3.63) is 36.0 Å². The minimum Gasteiger partial charge on any atom is -0.355 e. The van der Waals surface area contributed by atoms with Gasteiger partial charge in [0.2, 0.25) is 11.8 Å². The molecule has 2 N–H and O–H groups in total. The van der Waals surface area contributed by atoms with Gasteiger partial charge in [-0.3, -0.25) is 0 Å². The molecule has 0 saturated carbocycles. The molecule has 2 heterocycles. The number of aryl methyl sites for hydroxylation is 1. The van der Waals surface area contributed by atoms with Gasteiger partial charge in [0.05, 0.1) is 11.0 Å². The Morgan fingerprint density at radius 1 is 1.28 bits per heavy atom. The van der Waals surface area contributed by atoms with E-state index in [1.54, 1.807) is 6.92 Å². The largest absolute Gasteiger partial charge is 0.355 e. The quantitative estimate of drug-likeness (QED) is 0.731. The first-order chi connectivity index (χ1) is 8.81. The maximum Gasteiger partial charge on any atom is 0.223 e. The fourth-order valence-corrected chi connectivity index (χ4v) is 1.77. The zero-order valence-corrected chi connectivity index (χ0v) is 9.97. The molecule has 6 nitrogen and oxygen atoms in total. The summed E-state index contributed by atoms with van der Waals surface area (Å²) < 4.78 is 4.90. The predicted molar refractivity (Wildman–Crippen MR) is 67.3 cm³/mol. The highest BCUT2D eigenvalue weighted by atomic mass is 16.5. The van der Waals surface area contributed by atoms with E-state index in [2.05, 4.69) is 25.4 Å². The molecular weight excluding hydrogens is 230 g/mol. The van der Waals surface area contributed by atoms with Crippen LogP contribution in [0.25, 0.3) is 11.0 Å². The van der Waals surface area contributed by atoms with Crippen molar-refractivity contribution in [1.82, 2.24) is 20.1 Å². The molecule has 0 bridgehead atoms. The molecule has 2 aromatic heterocycles. The third kappa shape index (κ3) is 2.17. The lowest BCUT2D eigenvalue weighted by molar-refractivity contribution is 0.387. The molecular formula is C12H13N5O. The number of nitrogens with zero attached hydrogens (tertiary/aromatic N) is 3. The van der Waals surface area contributed by atoms with Gasteiger partial charge in [0.15, 0.2) is 5.82 Å². The van der Waals surface area contributed by atoms with Gasteiger partial charge in [0, 0.05) is 19.9 Å². The molecule has 3 rings (SSSR count). The van der Waals surface area contributed by atoms with E-state index in [1.807, 2.05) is 24.3 Å². The second-order valence-electron chi connectivity index (χ2n) is 4.01. The van der Waals surface area contributed by atoms with Crippen molar-refractivity contribution >= 4 is 17.0 Å². The molecule has 1 aromatic carbocycles. The molecule has 0 aliphatic heterocycles. The number of H-pyrrole nitrogens is 1. The van der Waals surface area contributed by atoms with Crippen molar-refractivity contribution < 1.29 is 4.52 Å². The SMILES string of the molecule is Cc1nc(CCNc2nc3ccccc3[nH]2)no1. The van der Waals surface area contributed by atoms with Gasteiger partial charge in [-0.25, -0.2) is 4.98 Å². The molecule has 6 heteroatoms. The van der Waals surface area contributed by atoms with Gasteiger partial charge in [-0.2, -0.15) is 4.98 Å². The molecule has 0 aliphatic rings. The van der Waals surface area contributed by atoms with E-state index in [0.717, 1.165) is 17.0 Å². The summed E-state index contributed by atoms with van der Waals surface area (Å²) in [6.07, 6.45) is 0.703. The van der Waals surface area contributed by atoms with E-state index in [1.165, 1.54) is 0 Å². The van der Waals surface area contributed by atoms with E-state index < -0.39 is 0 Å². The van der Waals surface area contributed by atoms with Crippen LogP contribution in [0, 0.1) is 6.92 Å². The van der Waals surface area contributed by atoms with Crippen molar-refractivity contribution in [1.29, 1.82) is 0 Å². The highest BCUT2D eigenvalue weighted by Crippen LogP contribution is 2.12. The summed E-state index contributed by atoms with van der Waals surface area (Å²) >= 11 is 0. The van der Waals surface area contributed by atoms with Crippen molar-refractivity contribution in [2.45, 2.75) is 13.3 Å². The standard InChI is InChI=1S/C12H13N5O/c1-8-14-11(17-18-8)6-7-13-12-15-9-4-2-3-5-10(9)16-12/h2-5H,6-7H2,1H3,(H2,13,15,16). The van der Waals surface area contributed by atoms with E-state index >= 15 is 0 Å². The summed E-state index contributed by atoms with van der Waals surface area (Å²) in [7, 11) is 0. The van der Waals surface area contributed by atoms with Crippen molar-refractivity contribution in [3.8, 4) is 0 Å². The summed E-state index contributed by atoms with van der Waals surface area (Å²) in [5.74, 6) is 2.06. The Balaban J connectivity index is 1.62. The van der Waals surface area contributed by atoms with Crippen LogP contribution >= 0.6 is 0 Å². The molecule has 0 fully saturated rings. The van der Waals surface area contributed by atoms with Gasteiger partial charge in [-0.1, -0.05) is 17.3 Å². The molecule has 0 aliphatic carbocycles. The molecule has 0 atom stereocenters. The van der Waals surface area contributed by atoms with Crippen molar-refractivity contribution in [3.63, 3.8) is 0 Å². The minimum absolute atomic E-state index is 0.591. The zero-order valence-electron chi connectivity index (χ0n) is 9.97. The Kier molecular flexibility index (Phi) is 2.68. The van der Waals surface area contributed by atoms with Crippen LogP contribution in [0.3, 0.4) is 0 Å². The summed E-state index contributed by atoms with van der Waals surface area (Å²) in [5.41, 5.74) is 1.98. The first-order valence-electron chi connectivity index (χ1n) is 5.79. The molecule has 0 unspecified atom stereocenters. The third-order valence-electron chi connectivity index (χ3n) is 2.60. The molecule has 0 saturated heterocycles. The van der Waals surface area contributed by atoms with Gasteiger partial charge >= 0.3 is 0 Å². The van der Waals surface area contributed by atoms with Gasteiger partial charge in [-0.05, 0) is 12.1 Å². The summed E-state index contributed by atoms with van der Waals surface area (Å²) in [5, 5.41) is 7.04. The van der Waals surface area contributed by atoms with E-state index in [9.17, 15) is 0 Å². The van der Waals surface area contributed by atoms with Crippen LogP contribution in [-0.2, 0) is 6.42 Å². The molecule has 18 heavy (non-hydrogen) atoms. The highest BCUT2D eigenvalue weighted by Gasteiger charge is 2.03. The Morgan fingerprint density at radius 2 is 2.17 bits per heavy atom. The lowest BCUT2D eigenvalue weighted by atomic mass is 10.3. The van der Waals surface area contributed by atoms with Crippen molar-refractivity contribution in [2.75, 3.05) is 11.9 Å². The smallest absolute Gasteiger partial charge is 0.223 e. The summed E-state index contributed by atoms with van der Waals surface area (Å²) in [6, 6.07) is 7.91. The van der Waals surface area contributed by atoms with Gasteiger partial charge in [0.25, 0.3) is 0 Å². The first kappa shape index (κ1) is 10.8. The fourth-order valence-electron chi connectivity index (χ4n) is 1.77. The van der Waals surface area contributed by atoms with Crippen LogP contribution in [0.1, 0.15) is 11.7 Å². The van der Waals surface area contributed by atoms with Crippen molar-refractivity contribution in [2.24, 2.45) is 0 Å². The molecule has 92 valence electrons. The molecule has 3 aromatic rings. The lowest BCUT2D eigenvalue weighted by Gasteiger charge is -1.98. The van der Waals surface area contributed by atoms with Gasteiger partial charge in [-0.15, -0.1) is 0 Å². The molecule has 0 radical (unpaired) electrons. The highest BCUT2D eigenvalue weighted by molar-refractivity contribution is 5.77. The minimum atomic E-state index is 0.591. The number of benzene rings is 1. The summed E-state index contributed by atoms with van der Waals surface area (Å²) in [4.78, 5) is 11.8. The Labute approximate surface area is 103 Å². The first-order valence-corrected chi connectivity index (χ1v) is 5.79. The number of rotatable bonds is 4. The summed E-state index contributed by atoms with van der Waals surface area (Å²) in [6.45, 7) is 2.49. The third-order valence-corrected chi connectivity index (χ3v) is 2.60. The number of anilines is 1. The van der Waals surface area contributed by atoms with E-state index in [-0.39, 0.29) is 0 Å². The van der Waals surface area contributed by atoms with Crippen LogP contribution in [0.15, 0.2) is 28.8 Å². The van der Waals surface area contributed by atoms with Crippen LogP contribution < -0.4 is 5.32 Å². The number of imidazole rings is 1. The second kappa shape index (κ2) is 4.48. The topological polar surface area (TPSA) is 79.6 Å². The van der Waals surface area contributed by atoms with Crippen LogP contribution in [0.5, 0.6) is 0 Å². The van der Waals surface area contributed by atoms with Crippen LogP contribution in [-0.4, -0.2) is 26.7 Å². The van der Waals surface area contributed by atoms with Crippen LogP contribution in [0.4, 0.5) is 5.95 Å². The Morgan fingerprint density at radius 3 is 2.94 bits per heavy atom. The van der Waals surface area contributed by atoms with E-state index in [0.29, 0.717) is 24.7 Å². The van der Waals surface area contributed by atoms with Gasteiger partial charge < -0.3 is 14.8 Å². The predicted octanol–water partition coefficient (Wildman–Crippen LogP) is 1.91. The number of aromatic nitrogens is 4. The zero-order chi connectivity index (χ0) is 12.4. The maximum atomic E-state index is 4.90. The number of hydrogen-bond donors (Lipinski definition) is 2. The monoisotopic (exact) mass is 243 g/mol. The van der Waals surface area contributed by atoms with Gasteiger partial charge in [0.1, 0.15) is 0 Å². The second-order valence-corrected chi connectivity index (χ2v) is 4.01. The number of aromatic amines is 1. The number of para-hydroxylation sites is 2. The van der Waals surface area contributed by atoms with Crippen LogP contribution in [0.2, 0.25) is 0 Å². The number of hydrogen-bond acceptors (Lipinski definition) is 5. The Hall–Kier alpha value is -2.37. The fraction of sp³-hybridized carbons (Fsp3) is 0.250. The average molecular weight is 243 g/mol. The Bertz CT molecular complexity index is 624. The molecule has 0 spiro atoms. The molecule has 0 amide bonds. The number of nitrogens with one attached hydrogen (secondary N) is 2. The normalized spacial score (nSPS) is 10.9. The maximum absolute atomic E-state index is 4.90. The van der Waals surface area contributed by atoms with E-state index in [4.69, 9.17) is 4.52 Å². The number of fused-ring (bicyclic) bond motifs is 1.